The van der Waals surface area contributed by atoms with E-state index in [4.69, 9.17) is 5.41 Å². The van der Waals surface area contributed by atoms with Gasteiger partial charge in [0.2, 0.25) is 0 Å². The summed E-state index contributed by atoms with van der Waals surface area (Å²) < 4.78 is 4.50. The van der Waals surface area contributed by atoms with E-state index in [1.165, 1.54) is 43.2 Å². The molecule has 0 saturated heterocycles. The van der Waals surface area contributed by atoms with Gasteiger partial charge in [-0.25, -0.2) is 9.13 Å². The van der Waals surface area contributed by atoms with E-state index >= 15 is 0 Å². The van der Waals surface area contributed by atoms with Gasteiger partial charge >= 0.3 is 0 Å². The van der Waals surface area contributed by atoms with Crippen LogP contribution in [0.25, 0.3) is 5.41 Å². The summed E-state index contributed by atoms with van der Waals surface area (Å²) in [5, 5.41) is 8.47. The van der Waals surface area contributed by atoms with Crippen molar-refractivity contribution < 1.29 is 4.57 Å². The lowest BCUT2D eigenvalue weighted by Crippen LogP contribution is -2.29. The Kier molecular flexibility index (Phi) is 8.68. The smallest absolute Gasteiger partial charge is 0.253 e. The molecule has 0 saturated carbocycles. The molecule has 16 heavy (non-hydrogen) atoms. The van der Waals surface area contributed by atoms with Crippen molar-refractivity contribution in [2.75, 3.05) is 0 Å². The highest BCUT2D eigenvalue weighted by atomic mass is 32.1. The van der Waals surface area contributed by atoms with Gasteiger partial charge in [-0.2, -0.15) is 5.16 Å². The lowest BCUT2D eigenvalue weighted by Gasteiger charge is -1.98. The Morgan fingerprint density at radius 1 is 1.44 bits per heavy atom. The van der Waals surface area contributed by atoms with Crippen molar-refractivity contribution >= 4 is 17.4 Å². The van der Waals surface area contributed by atoms with Crippen LogP contribution in [0.15, 0.2) is 12.4 Å². The van der Waals surface area contributed by atoms with E-state index in [-0.39, 0.29) is 0 Å². The summed E-state index contributed by atoms with van der Waals surface area (Å²) in [6, 6.07) is 0. The number of hydrogen-bond acceptors (Lipinski definition) is 1. The third-order valence-corrected chi connectivity index (χ3v) is 2.65. The Morgan fingerprint density at radius 2 is 2.06 bits per heavy atom. The molecular formula is C12H21N3S. The van der Waals surface area contributed by atoms with E-state index in [2.05, 4.69) is 54.6 Å². The Morgan fingerprint density at radius 3 is 2.50 bits per heavy atom. The van der Waals surface area contributed by atoms with Crippen LogP contribution in [-0.2, 0) is 13.6 Å². The van der Waals surface area contributed by atoms with Crippen molar-refractivity contribution in [1.29, 1.82) is 0 Å². The SMILES string of the molecule is CCCCCCn1cc[n+](C)c1C.[N-]=C=S. The minimum absolute atomic E-state index is 1.17. The quantitative estimate of drug-likeness (QED) is 0.336. The van der Waals surface area contributed by atoms with E-state index in [1.807, 2.05) is 0 Å². The molecule has 0 aliphatic heterocycles. The van der Waals surface area contributed by atoms with Crippen molar-refractivity contribution in [3.05, 3.63) is 23.6 Å². The van der Waals surface area contributed by atoms with E-state index < -0.39 is 0 Å². The van der Waals surface area contributed by atoms with Gasteiger partial charge < -0.3 is 5.41 Å². The second-order valence-corrected chi connectivity index (χ2v) is 3.98. The van der Waals surface area contributed by atoms with Gasteiger partial charge in [-0.3, -0.25) is 0 Å². The summed E-state index contributed by atoms with van der Waals surface area (Å²) in [5.41, 5.74) is 0. The van der Waals surface area contributed by atoms with Crippen LogP contribution in [0.5, 0.6) is 0 Å². The second-order valence-electron chi connectivity index (χ2n) is 3.80. The molecule has 90 valence electrons. The van der Waals surface area contributed by atoms with Crippen LogP contribution in [0, 0.1) is 6.92 Å². The second kappa shape index (κ2) is 9.25. The zero-order valence-corrected chi connectivity index (χ0v) is 11.3. The molecule has 1 rings (SSSR count). The minimum Gasteiger partial charge on any atom is -0.753 e. The van der Waals surface area contributed by atoms with Crippen LogP contribution >= 0.6 is 12.2 Å². The van der Waals surface area contributed by atoms with Gasteiger partial charge in [-0.1, -0.05) is 32.0 Å². The first-order valence-corrected chi connectivity index (χ1v) is 6.10. The van der Waals surface area contributed by atoms with E-state index in [9.17, 15) is 0 Å². The number of rotatable bonds is 5. The molecule has 0 aromatic carbocycles. The lowest BCUT2D eigenvalue weighted by molar-refractivity contribution is -0.677. The molecule has 0 spiro atoms. The normalized spacial score (nSPS) is 9.19. The van der Waals surface area contributed by atoms with Gasteiger partial charge in [0.15, 0.2) is 0 Å². The maximum absolute atomic E-state index is 7.13. The first-order chi connectivity index (χ1) is 7.67. The summed E-state index contributed by atoms with van der Waals surface area (Å²) in [4.78, 5) is 0. The van der Waals surface area contributed by atoms with E-state index in [1.54, 1.807) is 0 Å². The van der Waals surface area contributed by atoms with Crippen molar-refractivity contribution in [1.82, 2.24) is 4.57 Å². The summed E-state index contributed by atoms with van der Waals surface area (Å²) in [7, 11) is 2.10. The standard InChI is InChI=1S/C11H21N2.CNS/c1-4-5-6-7-8-13-10-9-12(3)11(13)2;2-1-3/h9-10H,4-8H2,1-3H3;/q+1;-1. The third-order valence-electron chi connectivity index (χ3n) is 2.65. The van der Waals surface area contributed by atoms with Crippen LogP contribution in [0.1, 0.15) is 38.4 Å². The maximum Gasteiger partial charge on any atom is 0.253 e. The van der Waals surface area contributed by atoms with Gasteiger partial charge in [-0.15, -0.1) is 0 Å². The molecule has 0 atom stereocenters. The van der Waals surface area contributed by atoms with Crippen LogP contribution < -0.4 is 4.57 Å². The number of aromatic nitrogens is 2. The van der Waals surface area contributed by atoms with Gasteiger partial charge in [0.25, 0.3) is 5.82 Å². The summed E-state index contributed by atoms with van der Waals surface area (Å²) in [6.07, 6.45) is 9.64. The Labute approximate surface area is 104 Å². The lowest BCUT2D eigenvalue weighted by atomic mass is 10.2. The molecule has 0 radical (unpaired) electrons. The molecular weight excluding hydrogens is 218 g/mol. The highest BCUT2D eigenvalue weighted by molar-refractivity contribution is 7.78. The number of thiocarbonyl (C=S) groups is 1. The number of imidazole rings is 1. The van der Waals surface area contributed by atoms with Crippen LogP contribution in [-0.4, -0.2) is 9.73 Å². The van der Waals surface area contributed by atoms with E-state index in [0.717, 1.165) is 0 Å². The fraction of sp³-hybridized carbons (Fsp3) is 0.667. The average molecular weight is 239 g/mol. The molecule has 4 heteroatoms. The zero-order chi connectivity index (χ0) is 12.4. The fourth-order valence-corrected chi connectivity index (χ4v) is 1.54. The molecule has 0 fully saturated rings. The summed E-state index contributed by atoms with van der Waals surface area (Å²) in [5.74, 6) is 1.34. The molecule has 0 unspecified atom stereocenters. The van der Waals surface area contributed by atoms with Gasteiger partial charge in [0.1, 0.15) is 12.4 Å². The third kappa shape index (κ3) is 5.79. The maximum atomic E-state index is 7.13. The topological polar surface area (TPSA) is 31.1 Å². The molecule has 3 nitrogen and oxygen atoms in total. The van der Waals surface area contributed by atoms with Gasteiger partial charge in [0.05, 0.1) is 13.6 Å². The molecule has 0 amide bonds. The fourth-order valence-electron chi connectivity index (χ4n) is 1.54. The number of hydrogen-bond donors (Lipinski definition) is 0. The molecule has 1 aromatic heterocycles. The van der Waals surface area contributed by atoms with Gasteiger partial charge in [0, 0.05) is 6.92 Å². The van der Waals surface area contributed by atoms with Crippen molar-refractivity contribution in [3.8, 4) is 0 Å². The van der Waals surface area contributed by atoms with Crippen LogP contribution in [0.3, 0.4) is 0 Å². The molecule has 0 aliphatic carbocycles. The van der Waals surface area contributed by atoms with Crippen LogP contribution in [0.2, 0.25) is 0 Å². The number of nitrogens with zero attached hydrogens (tertiary/aromatic N) is 3. The monoisotopic (exact) mass is 239 g/mol. The molecule has 1 heterocycles. The molecule has 1 aromatic rings. The molecule has 0 N–H and O–H groups in total. The van der Waals surface area contributed by atoms with Crippen molar-refractivity contribution in [2.45, 2.75) is 46.1 Å². The summed E-state index contributed by atoms with van der Waals surface area (Å²) >= 11 is 3.70. The van der Waals surface area contributed by atoms with Crippen LogP contribution in [0.4, 0.5) is 0 Å². The number of isothiocyanates is 1. The Hall–Kier alpha value is -0.990. The number of aryl methyl sites for hydroxylation is 2. The largest absolute Gasteiger partial charge is 0.753 e. The van der Waals surface area contributed by atoms with Gasteiger partial charge in [-0.05, 0) is 12.8 Å². The summed E-state index contributed by atoms with van der Waals surface area (Å²) in [6.45, 7) is 5.59. The van der Waals surface area contributed by atoms with Crippen molar-refractivity contribution in [3.63, 3.8) is 0 Å². The highest BCUT2D eigenvalue weighted by Gasteiger charge is 2.06. The molecule has 0 aliphatic rings. The minimum atomic E-state index is 1.17. The number of unbranched alkanes of at least 4 members (excludes halogenated alkanes) is 3. The predicted octanol–water partition coefficient (Wildman–Crippen LogP) is 2.86. The zero-order valence-electron chi connectivity index (χ0n) is 10.4. The predicted molar refractivity (Wildman–Crippen MR) is 70.4 cm³/mol. The average Bonchev–Trinajstić information content (AvgIpc) is 2.57. The first kappa shape index (κ1) is 15.0. The Balaban J connectivity index is 0.000000673. The van der Waals surface area contributed by atoms with Crippen molar-refractivity contribution in [2.24, 2.45) is 7.05 Å². The Bertz CT molecular complexity index is 325. The highest BCUT2D eigenvalue weighted by Crippen LogP contribution is 2.02. The van der Waals surface area contributed by atoms with E-state index in [0.29, 0.717) is 0 Å². The first-order valence-electron chi connectivity index (χ1n) is 5.70. The molecule has 0 bridgehead atoms.